The summed E-state index contributed by atoms with van der Waals surface area (Å²) in [5.41, 5.74) is 11.2. The molecule has 0 aliphatic rings. The van der Waals surface area contributed by atoms with Crippen molar-refractivity contribution in [2.75, 3.05) is 4.90 Å². The molecule has 0 fully saturated rings. The van der Waals surface area contributed by atoms with Gasteiger partial charge in [-0.1, -0.05) is 66.2 Å². The van der Waals surface area contributed by atoms with Gasteiger partial charge in [0.05, 0.1) is 0 Å². The van der Waals surface area contributed by atoms with Crippen molar-refractivity contribution in [1.29, 1.82) is 0 Å². The predicted octanol–water partition coefficient (Wildman–Crippen LogP) is 8.06. The van der Waals surface area contributed by atoms with E-state index in [2.05, 4.69) is 124 Å². The van der Waals surface area contributed by atoms with E-state index in [9.17, 15) is 0 Å². The zero-order valence-corrected chi connectivity index (χ0v) is 17.6. The van der Waals surface area contributed by atoms with Gasteiger partial charge in [0.25, 0.3) is 0 Å². The SMILES string of the molecule is Cc1ccc(N(c2ccc(-c3ccccc3)cc2)c2ccc(C)c(C)c2)c(C)c1. The summed E-state index contributed by atoms with van der Waals surface area (Å²) < 4.78 is 0. The molecule has 4 aromatic carbocycles. The van der Waals surface area contributed by atoms with Crippen LogP contribution in [0.1, 0.15) is 22.3 Å². The van der Waals surface area contributed by atoms with Gasteiger partial charge in [-0.05, 0) is 85.8 Å². The van der Waals surface area contributed by atoms with E-state index in [1.54, 1.807) is 0 Å². The predicted molar refractivity (Wildman–Crippen MR) is 126 cm³/mol. The minimum atomic E-state index is 1.17. The van der Waals surface area contributed by atoms with Gasteiger partial charge >= 0.3 is 0 Å². The fourth-order valence-corrected chi connectivity index (χ4v) is 3.78. The average Bonchev–Trinajstić information content (AvgIpc) is 2.73. The molecule has 0 amide bonds. The molecule has 0 saturated heterocycles. The lowest BCUT2D eigenvalue weighted by Crippen LogP contribution is -2.11. The lowest BCUT2D eigenvalue weighted by molar-refractivity contribution is 1.22. The molecule has 0 spiro atoms. The molecule has 0 radical (unpaired) electrons. The van der Waals surface area contributed by atoms with Gasteiger partial charge in [0, 0.05) is 17.1 Å². The Morgan fingerprint density at radius 3 is 1.79 bits per heavy atom. The molecule has 0 aliphatic carbocycles. The maximum absolute atomic E-state index is 2.36. The van der Waals surface area contributed by atoms with Gasteiger partial charge in [-0.15, -0.1) is 0 Å². The van der Waals surface area contributed by atoms with Crippen LogP contribution in [0.3, 0.4) is 0 Å². The zero-order chi connectivity index (χ0) is 20.4. The van der Waals surface area contributed by atoms with Crippen molar-refractivity contribution < 1.29 is 0 Å². The Hall–Kier alpha value is -3.32. The first-order chi connectivity index (χ1) is 14.0. The zero-order valence-electron chi connectivity index (χ0n) is 17.6. The molecule has 0 saturated carbocycles. The first-order valence-electron chi connectivity index (χ1n) is 10.1. The second-order valence-electron chi connectivity index (χ2n) is 7.81. The van der Waals surface area contributed by atoms with E-state index in [4.69, 9.17) is 0 Å². The summed E-state index contributed by atoms with van der Waals surface area (Å²) in [4.78, 5) is 2.36. The first kappa shape index (κ1) is 19.0. The summed E-state index contributed by atoms with van der Waals surface area (Å²) in [5, 5.41) is 0. The van der Waals surface area contributed by atoms with Crippen LogP contribution >= 0.6 is 0 Å². The summed E-state index contributed by atoms with van der Waals surface area (Å²) in [6.07, 6.45) is 0. The van der Waals surface area contributed by atoms with Crippen molar-refractivity contribution in [3.05, 3.63) is 113 Å². The molecule has 0 aliphatic heterocycles. The van der Waals surface area contributed by atoms with Crippen molar-refractivity contribution in [2.24, 2.45) is 0 Å². The van der Waals surface area contributed by atoms with Crippen molar-refractivity contribution >= 4 is 17.1 Å². The lowest BCUT2D eigenvalue weighted by Gasteiger charge is -2.28. The summed E-state index contributed by atoms with van der Waals surface area (Å²) in [7, 11) is 0. The van der Waals surface area contributed by atoms with E-state index >= 15 is 0 Å². The van der Waals surface area contributed by atoms with Gasteiger partial charge in [0.1, 0.15) is 0 Å². The molecule has 0 bridgehead atoms. The van der Waals surface area contributed by atoms with Crippen LogP contribution in [0.15, 0.2) is 91.0 Å². The Balaban J connectivity index is 1.82. The van der Waals surface area contributed by atoms with Gasteiger partial charge in [0.15, 0.2) is 0 Å². The molecule has 4 rings (SSSR count). The molecular formula is C28H27N. The summed E-state index contributed by atoms with van der Waals surface area (Å²) >= 11 is 0. The highest BCUT2D eigenvalue weighted by molar-refractivity contribution is 5.80. The monoisotopic (exact) mass is 377 g/mol. The van der Waals surface area contributed by atoms with Crippen LogP contribution in [0, 0.1) is 27.7 Å². The van der Waals surface area contributed by atoms with Crippen molar-refractivity contribution in [1.82, 2.24) is 0 Å². The number of rotatable bonds is 4. The summed E-state index contributed by atoms with van der Waals surface area (Å²) in [5.74, 6) is 0. The Morgan fingerprint density at radius 1 is 0.483 bits per heavy atom. The molecule has 1 nitrogen and oxygen atoms in total. The van der Waals surface area contributed by atoms with Gasteiger partial charge in [-0.25, -0.2) is 0 Å². The molecule has 0 N–H and O–H groups in total. The van der Waals surface area contributed by atoms with Gasteiger partial charge in [-0.2, -0.15) is 0 Å². The molecule has 0 heterocycles. The van der Waals surface area contributed by atoms with Gasteiger partial charge < -0.3 is 4.90 Å². The third kappa shape index (κ3) is 3.95. The van der Waals surface area contributed by atoms with E-state index in [-0.39, 0.29) is 0 Å². The van der Waals surface area contributed by atoms with Crippen molar-refractivity contribution in [2.45, 2.75) is 27.7 Å². The normalized spacial score (nSPS) is 10.8. The second-order valence-corrected chi connectivity index (χ2v) is 7.81. The Morgan fingerprint density at radius 2 is 1.14 bits per heavy atom. The molecule has 1 heteroatoms. The third-order valence-corrected chi connectivity index (χ3v) is 5.57. The van der Waals surface area contributed by atoms with Crippen LogP contribution in [0.5, 0.6) is 0 Å². The van der Waals surface area contributed by atoms with Gasteiger partial charge in [-0.3, -0.25) is 0 Å². The van der Waals surface area contributed by atoms with Gasteiger partial charge in [0.2, 0.25) is 0 Å². The Labute approximate surface area is 174 Å². The molecule has 0 atom stereocenters. The average molecular weight is 378 g/mol. The van der Waals surface area contributed by atoms with Crippen LogP contribution in [-0.2, 0) is 0 Å². The fraction of sp³-hybridized carbons (Fsp3) is 0.143. The molecule has 4 aromatic rings. The van der Waals surface area contributed by atoms with Crippen LogP contribution in [0.2, 0.25) is 0 Å². The largest absolute Gasteiger partial charge is 0.310 e. The standard InChI is InChI=1S/C28H27N/c1-20-10-17-28(23(4)18-20)29(27-14-11-21(2)22(3)19-27)26-15-12-25(13-16-26)24-8-6-5-7-9-24/h5-19H,1-4H3. The van der Waals surface area contributed by atoms with E-state index in [0.717, 1.165) is 0 Å². The number of hydrogen-bond acceptors (Lipinski definition) is 1. The molecular weight excluding hydrogens is 350 g/mol. The Kier molecular flexibility index (Phi) is 5.22. The van der Waals surface area contributed by atoms with Crippen molar-refractivity contribution in [3.8, 4) is 11.1 Å². The highest BCUT2D eigenvalue weighted by atomic mass is 15.1. The molecule has 29 heavy (non-hydrogen) atoms. The summed E-state index contributed by atoms with van der Waals surface area (Å²) in [6.45, 7) is 8.67. The highest BCUT2D eigenvalue weighted by Gasteiger charge is 2.15. The maximum Gasteiger partial charge on any atom is 0.0490 e. The molecule has 144 valence electrons. The smallest absolute Gasteiger partial charge is 0.0490 e. The van der Waals surface area contributed by atoms with Crippen LogP contribution in [0.4, 0.5) is 17.1 Å². The fourth-order valence-electron chi connectivity index (χ4n) is 3.78. The molecule has 0 unspecified atom stereocenters. The van der Waals surface area contributed by atoms with E-state index in [1.807, 2.05) is 0 Å². The minimum Gasteiger partial charge on any atom is -0.310 e. The molecule has 0 aromatic heterocycles. The number of benzene rings is 4. The summed E-state index contributed by atoms with van der Waals surface area (Å²) in [6, 6.07) is 32.8. The number of hydrogen-bond donors (Lipinski definition) is 0. The maximum atomic E-state index is 2.36. The van der Waals surface area contributed by atoms with E-state index in [1.165, 1.54) is 50.4 Å². The van der Waals surface area contributed by atoms with Crippen LogP contribution in [0.25, 0.3) is 11.1 Å². The minimum absolute atomic E-state index is 1.17. The first-order valence-corrected chi connectivity index (χ1v) is 10.1. The van der Waals surface area contributed by atoms with Crippen LogP contribution < -0.4 is 4.90 Å². The third-order valence-electron chi connectivity index (χ3n) is 5.57. The van der Waals surface area contributed by atoms with Crippen molar-refractivity contribution in [3.63, 3.8) is 0 Å². The number of aryl methyl sites for hydroxylation is 4. The highest BCUT2D eigenvalue weighted by Crippen LogP contribution is 2.38. The number of anilines is 3. The Bertz CT molecular complexity index is 1120. The van der Waals surface area contributed by atoms with Crippen LogP contribution in [-0.4, -0.2) is 0 Å². The number of nitrogens with zero attached hydrogens (tertiary/aromatic N) is 1. The van der Waals surface area contributed by atoms with E-state index < -0.39 is 0 Å². The quantitative estimate of drug-likeness (QED) is 0.347. The topological polar surface area (TPSA) is 3.24 Å². The van der Waals surface area contributed by atoms with E-state index in [0.29, 0.717) is 0 Å². The lowest BCUT2D eigenvalue weighted by atomic mass is 10.0. The second kappa shape index (κ2) is 7.97.